The Morgan fingerprint density at radius 3 is 2.38 bits per heavy atom. The second-order valence-corrected chi connectivity index (χ2v) is 5.90. The van der Waals surface area contributed by atoms with E-state index < -0.39 is 5.91 Å². The number of hydrogen-bond donors (Lipinski definition) is 2. The van der Waals surface area contributed by atoms with E-state index in [2.05, 4.69) is 10.6 Å². The summed E-state index contributed by atoms with van der Waals surface area (Å²) in [6, 6.07) is 16.6. The van der Waals surface area contributed by atoms with Gasteiger partial charge in [-0.2, -0.15) is 5.26 Å². The van der Waals surface area contributed by atoms with Gasteiger partial charge < -0.3 is 10.6 Å². The van der Waals surface area contributed by atoms with E-state index in [1.807, 2.05) is 50.2 Å². The van der Waals surface area contributed by atoms with Crippen LogP contribution in [0.5, 0.6) is 0 Å². The maximum atomic E-state index is 12.3. The monoisotopic (exact) mass is 339 g/mol. The maximum absolute atomic E-state index is 12.3. The van der Waals surface area contributed by atoms with Crippen molar-refractivity contribution < 1.29 is 4.79 Å². The van der Waals surface area contributed by atoms with Crippen molar-refractivity contribution in [2.24, 2.45) is 0 Å². The summed E-state index contributed by atoms with van der Waals surface area (Å²) in [6.45, 7) is 4.09. The highest BCUT2D eigenvalue weighted by Crippen LogP contribution is 2.24. The van der Waals surface area contributed by atoms with Gasteiger partial charge in [0.15, 0.2) is 0 Å². The third kappa shape index (κ3) is 4.37. The predicted octanol–water partition coefficient (Wildman–Crippen LogP) is 4.92. The van der Waals surface area contributed by atoms with Crippen molar-refractivity contribution >= 4 is 28.9 Å². The molecule has 1 amide bonds. The lowest BCUT2D eigenvalue weighted by Gasteiger charge is -2.13. The molecule has 0 aliphatic carbocycles. The van der Waals surface area contributed by atoms with Gasteiger partial charge in [-0.15, -0.1) is 0 Å². The van der Waals surface area contributed by atoms with E-state index in [0.29, 0.717) is 16.4 Å². The maximum Gasteiger partial charge on any atom is 0.267 e. The predicted molar refractivity (Wildman–Crippen MR) is 97.9 cm³/mol. The fourth-order valence-electron chi connectivity index (χ4n) is 2.18. The minimum Gasteiger partial charge on any atom is -0.359 e. The molecule has 0 bridgehead atoms. The second kappa shape index (κ2) is 8.19. The van der Waals surface area contributed by atoms with Gasteiger partial charge in [-0.05, 0) is 29.7 Å². The van der Waals surface area contributed by atoms with Crippen LogP contribution in [0.3, 0.4) is 0 Å². The van der Waals surface area contributed by atoms with Crippen LogP contribution in [0, 0.1) is 11.3 Å². The van der Waals surface area contributed by atoms with Gasteiger partial charge in [-0.3, -0.25) is 4.79 Å². The van der Waals surface area contributed by atoms with Crippen molar-refractivity contribution in [2.75, 3.05) is 10.6 Å². The van der Waals surface area contributed by atoms with Crippen molar-refractivity contribution in [1.29, 1.82) is 5.26 Å². The summed E-state index contributed by atoms with van der Waals surface area (Å²) < 4.78 is 0. The van der Waals surface area contributed by atoms with Crippen molar-refractivity contribution in [1.82, 2.24) is 0 Å². The van der Waals surface area contributed by atoms with Gasteiger partial charge in [0.1, 0.15) is 11.6 Å². The zero-order chi connectivity index (χ0) is 17.5. The Labute approximate surface area is 146 Å². The molecule has 0 aliphatic heterocycles. The number of rotatable bonds is 5. The van der Waals surface area contributed by atoms with Crippen LogP contribution in [-0.4, -0.2) is 5.91 Å². The van der Waals surface area contributed by atoms with Crippen LogP contribution in [0.25, 0.3) is 0 Å². The van der Waals surface area contributed by atoms with Gasteiger partial charge in [0.25, 0.3) is 5.91 Å². The molecule has 0 unspecified atom stereocenters. The van der Waals surface area contributed by atoms with E-state index in [4.69, 9.17) is 11.6 Å². The number of amides is 1. The molecule has 0 heterocycles. The number of para-hydroxylation sites is 2. The first-order valence-electron chi connectivity index (χ1n) is 7.54. The first-order chi connectivity index (χ1) is 11.5. The Morgan fingerprint density at radius 2 is 1.75 bits per heavy atom. The first kappa shape index (κ1) is 17.6. The second-order valence-electron chi connectivity index (χ2n) is 5.49. The molecule has 0 saturated carbocycles. The molecule has 0 spiro atoms. The van der Waals surface area contributed by atoms with E-state index in [9.17, 15) is 10.1 Å². The number of nitrogens with one attached hydrogen (secondary N) is 2. The normalized spacial score (nSPS) is 11.0. The molecule has 4 nitrogen and oxygen atoms in total. The van der Waals surface area contributed by atoms with E-state index >= 15 is 0 Å². The van der Waals surface area contributed by atoms with Crippen LogP contribution >= 0.6 is 11.6 Å². The number of hydrogen-bond acceptors (Lipinski definition) is 3. The Bertz CT molecular complexity index is 806. The summed E-state index contributed by atoms with van der Waals surface area (Å²) in [5.74, 6) is -0.206. The van der Waals surface area contributed by atoms with Crippen LogP contribution < -0.4 is 10.6 Å². The minimum atomic E-state index is -0.467. The van der Waals surface area contributed by atoms with Crippen molar-refractivity contribution in [3.05, 3.63) is 70.9 Å². The molecule has 0 aliphatic rings. The van der Waals surface area contributed by atoms with E-state index in [1.165, 1.54) is 6.20 Å². The average molecular weight is 340 g/mol. The molecule has 0 aromatic heterocycles. The lowest BCUT2D eigenvalue weighted by atomic mass is 10.0. The van der Waals surface area contributed by atoms with E-state index in [1.54, 1.807) is 18.2 Å². The van der Waals surface area contributed by atoms with Crippen LogP contribution in [0.2, 0.25) is 5.02 Å². The number of nitrogens with zero attached hydrogens (tertiary/aromatic N) is 1. The standard InChI is InChI=1S/C19H18ClN3O/c1-13(2)15-7-3-5-9-17(15)23-19(24)14(11-21)12-22-18-10-6-4-8-16(18)20/h3-10,12-13,22H,1-2H3,(H,23,24)/b14-12-. The third-order valence-corrected chi connectivity index (χ3v) is 3.77. The van der Waals surface area contributed by atoms with Gasteiger partial charge in [0, 0.05) is 11.9 Å². The Hall–Kier alpha value is -2.77. The number of benzene rings is 2. The Morgan fingerprint density at radius 1 is 1.12 bits per heavy atom. The molecule has 0 atom stereocenters. The Balaban J connectivity index is 2.17. The van der Waals surface area contributed by atoms with Crippen molar-refractivity contribution in [3.63, 3.8) is 0 Å². The third-order valence-electron chi connectivity index (χ3n) is 3.44. The molecule has 24 heavy (non-hydrogen) atoms. The average Bonchev–Trinajstić information content (AvgIpc) is 2.57. The highest BCUT2D eigenvalue weighted by Gasteiger charge is 2.13. The lowest BCUT2D eigenvalue weighted by molar-refractivity contribution is -0.112. The first-order valence-corrected chi connectivity index (χ1v) is 7.92. The number of carbonyl (C=O) groups excluding carboxylic acids is 1. The topological polar surface area (TPSA) is 64.9 Å². The fourth-order valence-corrected chi connectivity index (χ4v) is 2.37. The molecular weight excluding hydrogens is 322 g/mol. The van der Waals surface area contributed by atoms with Crippen LogP contribution in [0.4, 0.5) is 11.4 Å². The van der Waals surface area contributed by atoms with Gasteiger partial charge in [-0.25, -0.2) is 0 Å². The molecule has 122 valence electrons. The number of carbonyl (C=O) groups is 1. The molecule has 0 saturated heterocycles. The van der Waals surface area contributed by atoms with Crippen molar-refractivity contribution in [3.8, 4) is 6.07 Å². The minimum absolute atomic E-state index is 0.0338. The SMILES string of the molecule is CC(C)c1ccccc1NC(=O)/C(C#N)=C\Nc1ccccc1Cl. The van der Waals surface area contributed by atoms with Crippen LogP contribution in [0.1, 0.15) is 25.3 Å². The quantitative estimate of drug-likeness (QED) is 0.600. The summed E-state index contributed by atoms with van der Waals surface area (Å²) in [6.07, 6.45) is 1.36. The molecule has 5 heteroatoms. The highest BCUT2D eigenvalue weighted by molar-refractivity contribution is 6.33. The number of nitriles is 1. The summed E-state index contributed by atoms with van der Waals surface area (Å²) in [4.78, 5) is 12.3. The summed E-state index contributed by atoms with van der Waals surface area (Å²) in [5, 5.41) is 15.4. The fraction of sp³-hybridized carbons (Fsp3) is 0.158. The molecule has 2 N–H and O–H groups in total. The zero-order valence-corrected chi connectivity index (χ0v) is 14.3. The largest absolute Gasteiger partial charge is 0.359 e. The van der Waals surface area contributed by atoms with Gasteiger partial charge in [0.2, 0.25) is 0 Å². The Kier molecular flexibility index (Phi) is 6.00. The van der Waals surface area contributed by atoms with Crippen molar-refractivity contribution in [2.45, 2.75) is 19.8 Å². The van der Waals surface area contributed by atoms with Gasteiger partial charge in [-0.1, -0.05) is 55.8 Å². The number of anilines is 2. The summed E-state index contributed by atoms with van der Waals surface area (Å²) in [7, 11) is 0. The summed E-state index contributed by atoms with van der Waals surface area (Å²) >= 11 is 6.04. The smallest absolute Gasteiger partial charge is 0.267 e. The van der Waals surface area contributed by atoms with Crippen LogP contribution in [0.15, 0.2) is 60.3 Å². The van der Waals surface area contributed by atoms with Crippen LogP contribution in [-0.2, 0) is 4.79 Å². The molecule has 2 aromatic rings. The van der Waals surface area contributed by atoms with Gasteiger partial charge in [0.05, 0.1) is 10.7 Å². The zero-order valence-electron chi connectivity index (χ0n) is 13.5. The molecule has 2 rings (SSSR count). The summed E-state index contributed by atoms with van der Waals surface area (Å²) in [5.41, 5.74) is 2.31. The highest BCUT2D eigenvalue weighted by atomic mass is 35.5. The van der Waals surface area contributed by atoms with E-state index in [-0.39, 0.29) is 11.5 Å². The lowest BCUT2D eigenvalue weighted by Crippen LogP contribution is -2.16. The molecule has 0 radical (unpaired) electrons. The molecule has 0 fully saturated rings. The molecule has 2 aromatic carbocycles. The van der Waals surface area contributed by atoms with E-state index in [0.717, 1.165) is 5.56 Å². The molecular formula is C19H18ClN3O. The number of halogens is 1. The van der Waals surface area contributed by atoms with Gasteiger partial charge >= 0.3 is 0 Å².